The number of aliphatic carboxylic acids is 1. The van der Waals surface area contributed by atoms with E-state index in [0.29, 0.717) is 6.42 Å². The van der Waals surface area contributed by atoms with Crippen LogP contribution in [0.5, 0.6) is 0 Å². The molecule has 2 heterocycles. The molecule has 0 aromatic rings. The lowest BCUT2D eigenvalue weighted by Crippen LogP contribution is -2.68. The SMILES string of the molecule is O=C(O)C(F)(F)F.OC[C@]12CCCN1C[C@@H](OC(C(F)(F)F)(C(F)(F)F)C(F)(F)F)C2. The number of ether oxygens (including phenoxy) is 1. The van der Waals surface area contributed by atoms with Crippen LogP contribution in [-0.4, -0.2) is 82.7 Å². The molecule has 17 heteroatoms. The van der Waals surface area contributed by atoms with Gasteiger partial charge in [0.25, 0.3) is 0 Å². The van der Waals surface area contributed by atoms with Crippen LogP contribution in [-0.2, 0) is 9.53 Å². The summed E-state index contributed by atoms with van der Waals surface area (Å²) in [5.74, 6) is -2.76. The number of hydrogen-bond acceptors (Lipinski definition) is 4. The third kappa shape index (κ3) is 5.30. The first-order valence-electron chi connectivity index (χ1n) is 8.18. The van der Waals surface area contributed by atoms with Crippen LogP contribution in [0.4, 0.5) is 52.7 Å². The van der Waals surface area contributed by atoms with Gasteiger partial charge in [-0.1, -0.05) is 0 Å². The molecule has 0 saturated carbocycles. The number of aliphatic hydroxyl groups is 1. The van der Waals surface area contributed by atoms with Crippen LogP contribution in [0, 0.1) is 0 Å². The molecule has 2 N–H and O–H groups in total. The molecule has 0 aliphatic carbocycles. The lowest BCUT2D eigenvalue weighted by Gasteiger charge is -2.39. The lowest BCUT2D eigenvalue weighted by molar-refractivity contribution is -0.463. The molecule has 2 aliphatic heterocycles. The van der Waals surface area contributed by atoms with Crippen LogP contribution in [0.15, 0.2) is 0 Å². The number of aliphatic hydroxyl groups excluding tert-OH is 1. The largest absolute Gasteiger partial charge is 0.490 e. The summed E-state index contributed by atoms with van der Waals surface area (Å²) < 4.78 is 151. The van der Waals surface area contributed by atoms with Crippen LogP contribution < -0.4 is 0 Å². The molecule has 0 radical (unpaired) electrons. The zero-order valence-corrected chi connectivity index (χ0v) is 15.0. The third-order valence-electron chi connectivity index (χ3n) is 4.85. The van der Waals surface area contributed by atoms with E-state index in [0.717, 1.165) is 0 Å². The second-order valence-corrected chi connectivity index (χ2v) is 6.85. The Hall–Kier alpha value is -1.49. The smallest absolute Gasteiger partial charge is 0.475 e. The molecule has 2 aliphatic rings. The monoisotopic (exact) mass is 489 g/mol. The van der Waals surface area contributed by atoms with Crippen molar-refractivity contribution in [3.63, 3.8) is 0 Å². The van der Waals surface area contributed by atoms with Crippen molar-refractivity contribution in [2.75, 3.05) is 19.7 Å². The molecule has 2 saturated heterocycles. The van der Waals surface area contributed by atoms with Crippen LogP contribution >= 0.6 is 0 Å². The number of carboxylic acid groups (broad SMARTS) is 1. The van der Waals surface area contributed by atoms with Gasteiger partial charge in [-0.3, -0.25) is 4.90 Å². The van der Waals surface area contributed by atoms with E-state index in [1.54, 1.807) is 0 Å². The summed E-state index contributed by atoms with van der Waals surface area (Å²) in [6.45, 7) is -0.855. The van der Waals surface area contributed by atoms with Gasteiger partial charge < -0.3 is 14.9 Å². The Labute approximate surface area is 165 Å². The predicted octanol–water partition coefficient (Wildman–Crippen LogP) is 3.66. The average Bonchev–Trinajstić information content (AvgIpc) is 3.05. The second kappa shape index (κ2) is 8.46. The number of alkyl halides is 12. The molecule has 2 rings (SSSR count). The first kappa shape index (κ1) is 27.5. The summed E-state index contributed by atoms with van der Waals surface area (Å²) in [6, 6.07) is 0. The van der Waals surface area contributed by atoms with Crippen molar-refractivity contribution < 1.29 is 72.4 Å². The first-order valence-corrected chi connectivity index (χ1v) is 8.18. The molecular weight excluding hydrogens is 474 g/mol. The van der Waals surface area contributed by atoms with Crippen LogP contribution in [0.3, 0.4) is 0 Å². The van der Waals surface area contributed by atoms with Gasteiger partial charge in [0.2, 0.25) is 0 Å². The van der Waals surface area contributed by atoms with Gasteiger partial charge >= 0.3 is 36.3 Å². The molecule has 0 bridgehead atoms. The van der Waals surface area contributed by atoms with Crippen molar-refractivity contribution >= 4 is 5.97 Å². The van der Waals surface area contributed by atoms with Crippen molar-refractivity contribution in [3.8, 4) is 0 Å². The minimum atomic E-state index is -6.73. The van der Waals surface area contributed by atoms with E-state index in [2.05, 4.69) is 4.74 Å². The molecule has 0 aromatic heterocycles. The van der Waals surface area contributed by atoms with Crippen LogP contribution in [0.1, 0.15) is 19.3 Å². The highest BCUT2D eigenvalue weighted by Gasteiger charge is 2.86. The molecular formula is C14H15F12NO4. The highest BCUT2D eigenvalue weighted by Crippen LogP contribution is 2.56. The lowest BCUT2D eigenvalue weighted by atomic mass is 9.93. The van der Waals surface area contributed by atoms with Gasteiger partial charge in [0.1, 0.15) is 0 Å². The van der Waals surface area contributed by atoms with Gasteiger partial charge in [0.15, 0.2) is 0 Å². The summed E-state index contributed by atoms with van der Waals surface area (Å²) >= 11 is 0. The van der Waals surface area contributed by atoms with E-state index in [-0.39, 0.29) is 13.0 Å². The number of carboxylic acids is 1. The number of fused-ring (bicyclic) bond motifs is 1. The number of halogens is 12. The maximum absolute atomic E-state index is 12.9. The maximum atomic E-state index is 12.9. The summed E-state index contributed by atoms with van der Waals surface area (Å²) in [7, 11) is 0. The number of nitrogens with zero attached hydrogens (tertiary/aromatic N) is 1. The Morgan fingerprint density at radius 1 is 0.935 bits per heavy atom. The fourth-order valence-electron chi connectivity index (χ4n) is 3.50. The molecule has 0 amide bonds. The van der Waals surface area contributed by atoms with E-state index < -0.39 is 67.5 Å². The highest BCUT2D eigenvalue weighted by atomic mass is 19.4. The van der Waals surface area contributed by atoms with E-state index in [1.165, 1.54) is 4.90 Å². The normalized spacial score (nSPS) is 25.8. The Morgan fingerprint density at radius 3 is 1.65 bits per heavy atom. The molecule has 0 spiro atoms. The van der Waals surface area contributed by atoms with E-state index in [4.69, 9.17) is 9.90 Å². The number of hydrogen-bond donors (Lipinski definition) is 2. The van der Waals surface area contributed by atoms with Gasteiger partial charge in [-0.05, 0) is 25.8 Å². The highest BCUT2D eigenvalue weighted by molar-refractivity contribution is 5.73. The average molecular weight is 489 g/mol. The minimum absolute atomic E-state index is 0.261. The van der Waals surface area contributed by atoms with Crippen LogP contribution in [0.2, 0.25) is 0 Å². The first-order chi connectivity index (χ1) is 13.6. The minimum Gasteiger partial charge on any atom is -0.475 e. The van der Waals surface area contributed by atoms with Crippen LogP contribution in [0.25, 0.3) is 0 Å². The van der Waals surface area contributed by atoms with Crippen molar-refractivity contribution in [3.05, 3.63) is 0 Å². The molecule has 31 heavy (non-hydrogen) atoms. The van der Waals surface area contributed by atoms with Crippen molar-refractivity contribution in [1.82, 2.24) is 4.90 Å². The van der Waals surface area contributed by atoms with Crippen molar-refractivity contribution in [2.45, 2.75) is 61.2 Å². The van der Waals surface area contributed by atoms with Crippen molar-refractivity contribution in [1.29, 1.82) is 0 Å². The van der Waals surface area contributed by atoms with Gasteiger partial charge in [-0.15, -0.1) is 0 Å². The van der Waals surface area contributed by atoms with E-state index >= 15 is 0 Å². The molecule has 5 nitrogen and oxygen atoms in total. The molecule has 0 unspecified atom stereocenters. The van der Waals surface area contributed by atoms with Gasteiger partial charge in [-0.2, -0.15) is 52.7 Å². The standard InChI is InChI=1S/C12H14F9NO2.C2HF3O2/c13-10(14,15)9(11(16,17)18,12(19,20)21)24-7-4-8(6-23)2-1-3-22(8)5-7;3-2(4,5)1(6)7/h7,23H,1-6H2;(H,6,7)/t7-,8+;/m0./s1. The van der Waals surface area contributed by atoms with Gasteiger partial charge in [-0.25, -0.2) is 4.79 Å². The van der Waals surface area contributed by atoms with E-state index in [1.807, 2.05) is 0 Å². The Bertz CT molecular complexity index is 605. The Morgan fingerprint density at radius 2 is 1.35 bits per heavy atom. The summed E-state index contributed by atoms with van der Waals surface area (Å²) in [5.41, 5.74) is -7.38. The molecule has 184 valence electrons. The van der Waals surface area contributed by atoms with E-state index in [9.17, 15) is 57.8 Å². The molecule has 0 aromatic carbocycles. The fraction of sp³-hybridized carbons (Fsp3) is 0.929. The van der Waals surface area contributed by atoms with Gasteiger partial charge in [0, 0.05) is 12.1 Å². The number of carbonyl (C=O) groups is 1. The fourth-order valence-corrected chi connectivity index (χ4v) is 3.50. The van der Waals surface area contributed by atoms with Gasteiger partial charge in [0.05, 0.1) is 12.7 Å². The zero-order chi connectivity index (χ0) is 24.7. The quantitative estimate of drug-likeness (QED) is 0.593. The zero-order valence-electron chi connectivity index (χ0n) is 15.0. The summed E-state index contributed by atoms with van der Waals surface area (Å²) in [4.78, 5) is 10.3. The summed E-state index contributed by atoms with van der Waals surface area (Å²) in [5, 5.41) is 16.5. The third-order valence-corrected chi connectivity index (χ3v) is 4.85. The van der Waals surface area contributed by atoms with Crippen molar-refractivity contribution in [2.24, 2.45) is 0 Å². The Balaban J connectivity index is 0.000000592. The number of rotatable bonds is 3. The maximum Gasteiger partial charge on any atom is 0.490 e. The summed E-state index contributed by atoms with van der Waals surface area (Å²) in [6.07, 6.45) is -27.0. The predicted molar refractivity (Wildman–Crippen MR) is 74.7 cm³/mol. The topological polar surface area (TPSA) is 70.0 Å². The molecule has 2 atom stereocenters. The Kier molecular flexibility index (Phi) is 7.51. The molecule has 2 fully saturated rings. The second-order valence-electron chi connectivity index (χ2n) is 6.85.